The largest absolute Gasteiger partial charge is 0.491 e. The summed E-state index contributed by atoms with van der Waals surface area (Å²) in [6.45, 7) is 7.76. The molecule has 0 unspecified atom stereocenters. The SMILES string of the molecule is Cc1cccc(C)c1OC[C@H](C)N(C)CCc1ccc([N+](=O)[O-])cc1. The van der Waals surface area contributed by atoms with Crippen LogP contribution in [0.4, 0.5) is 5.69 Å². The minimum Gasteiger partial charge on any atom is -0.491 e. The van der Waals surface area contributed by atoms with Crippen LogP contribution in [0.5, 0.6) is 5.75 Å². The molecule has 0 fully saturated rings. The van der Waals surface area contributed by atoms with Crippen LogP contribution < -0.4 is 4.74 Å². The first-order valence-corrected chi connectivity index (χ1v) is 8.51. The Hall–Kier alpha value is -2.40. The number of nitro groups is 1. The van der Waals surface area contributed by atoms with E-state index in [1.54, 1.807) is 12.1 Å². The van der Waals surface area contributed by atoms with Crippen LogP contribution >= 0.6 is 0 Å². The Morgan fingerprint density at radius 1 is 1.12 bits per heavy atom. The number of aryl methyl sites for hydroxylation is 2. The van der Waals surface area contributed by atoms with Crippen molar-refractivity contribution in [2.24, 2.45) is 0 Å². The fourth-order valence-electron chi connectivity index (χ4n) is 2.67. The quantitative estimate of drug-likeness (QED) is 0.534. The summed E-state index contributed by atoms with van der Waals surface area (Å²) in [5.41, 5.74) is 3.54. The van der Waals surface area contributed by atoms with Crippen LogP contribution in [0.25, 0.3) is 0 Å². The van der Waals surface area contributed by atoms with E-state index in [2.05, 4.69) is 44.9 Å². The van der Waals surface area contributed by atoms with Crippen LogP contribution in [0, 0.1) is 24.0 Å². The van der Waals surface area contributed by atoms with E-state index in [4.69, 9.17) is 4.74 Å². The average Bonchev–Trinajstić information content (AvgIpc) is 2.59. The average molecular weight is 342 g/mol. The number of ether oxygens (including phenoxy) is 1. The van der Waals surface area contributed by atoms with Gasteiger partial charge in [-0.3, -0.25) is 15.0 Å². The molecule has 2 aromatic carbocycles. The van der Waals surface area contributed by atoms with Crippen molar-refractivity contribution in [2.75, 3.05) is 20.2 Å². The van der Waals surface area contributed by atoms with Gasteiger partial charge in [0.2, 0.25) is 0 Å². The number of hydrogen-bond donors (Lipinski definition) is 0. The molecule has 0 aliphatic carbocycles. The lowest BCUT2D eigenvalue weighted by Gasteiger charge is -2.25. The Morgan fingerprint density at radius 2 is 1.72 bits per heavy atom. The van der Waals surface area contributed by atoms with Crippen molar-refractivity contribution in [3.63, 3.8) is 0 Å². The van der Waals surface area contributed by atoms with Gasteiger partial charge in [-0.05, 0) is 50.9 Å². The first kappa shape index (κ1) is 18.9. The number of likely N-dealkylation sites (N-methyl/N-ethyl adjacent to an activating group) is 1. The summed E-state index contributed by atoms with van der Waals surface area (Å²) >= 11 is 0. The molecule has 2 aromatic rings. The van der Waals surface area contributed by atoms with Gasteiger partial charge in [-0.1, -0.05) is 30.3 Å². The molecule has 0 saturated heterocycles. The second-order valence-electron chi connectivity index (χ2n) is 6.54. The number of hydrogen-bond acceptors (Lipinski definition) is 4. The first-order valence-electron chi connectivity index (χ1n) is 8.51. The summed E-state index contributed by atoms with van der Waals surface area (Å²) in [7, 11) is 2.07. The Bertz CT molecular complexity index is 693. The number of rotatable bonds is 8. The highest BCUT2D eigenvalue weighted by atomic mass is 16.6. The van der Waals surface area contributed by atoms with Crippen molar-refractivity contribution in [3.05, 3.63) is 69.3 Å². The molecule has 25 heavy (non-hydrogen) atoms. The van der Waals surface area contributed by atoms with Gasteiger partial charge in [0, 0.05) is 24.7 Å². The zero-order valence-corrected chi connectivity index (χ0v) is 15.4. The molecule has 134 valence electrons. The highest BCUT2D eigenvalue weighted by Crippen LogP contribution is 2.22. The summed E-state index contributed by atoms with van der Waals surface area (Å²) in [4.78, 5) is 12.6. The fraction of sp³-hybridized carbons (Fsp3) is 0.400. The van der Waals surface area contributed by atoms with Crippen LogP contribution in [0.1, 0.15) is 23.6 Å². The molecule has 0 aromatic heterocycles. The molecule has 1 atom stereocenters. The lowest BCUT2D eigenvalue weighted by atomic mass is 10.1. The van der Waals surface area contributed by atoms with Crippen molar-refractivity contribution < 1.29 is 9.66 Å². The molecule has 5 nitrogen and oxygen atoms in total. The lowest BCUT2D eigenvalue weighted by molar-refractivity contribution is -0.384. The highest BCUT2D eigenvalue weighted by Gasteiger charge is 2.12. The fourth-order valence-corrected chi connectivity index (χ4v) is 2.67. The molecule has 0 saturated carbocycles. The molecule has 0 spiro atoms. The van der Waals surface area contributed by atoms with Crippen molar-refractivity contribution in [1.29, 1.82) is 0 Å². The predicted octanol–water partition coefficient (Wildman–Crippen LogP) is 4.15. The Labute approximate surface area is 149 Å². The van der Waals surface area contributed by atoms with E-state index in [9.17, 15) is 10.1 Å². The van der Waals surface area contributed by atoms with Gasteiger partial charge in [0.15, 0.2) is 0 Å². The van der Waals surface area contributed by atoms with Gasteiger partial charge in [-0.2, -0.15) is 0 Å². The third-order valence-electron chi connectivity index (χ3n) is 4.53. The summed E-state index contributed by atoms with van der Waals surface area (Å²) in [5.74, 6) is 0.970. The maximum atomic E-state index is 10.7. The molecular weight excluding hydrogens is 316 g/mol. The van der Waals surface area contributed by atoms with Crippen molar-refractivity contribution in [2.45, 2.75) is 33.2 Å². The molecule has 0 heterocycles. The minimum atomic E-state index is -0.372. The molecule has 2 rings (SSSR count). The lowest BCUT2D eigenvalue weighted by Crippen LogP contribution is -2.35. The van der Waals surface area contributed by atoms with Crippen LogP contribution in [0.2, 0.25) is 0 Å². The van der Waals surface area contributed by atoms with E-state index in [-0.39, 0.29) is 16.7 Å². The van der Waals surface area contributed by atoms with Gasteiger partial charge < -0.3 is 4.74 Å². The standard InChI is InChI=1S/C20H26N2O3/c1-15-6-5-7-16(2)20(15)25-14-17(3)21(4)13-12-18-8-10-19(11-9-18)22(23)24/h5-11,17H,12-14H2,1-4H3/t17-/m0/s1. The number of nitro benzene ring substituents is 1. The van der Waals surface area contributed by atoms with Crippen LogP contribution in [-0.2, 0) is 6.42 Å². The highest BCUT2D eigenvalue weighted by molar-refractivity contribution is 5.39. The summed E-state index contributed by atoms with van der Waals surface area (Å²) in [5, 5.41) is 10.7. The zero-order chi connectivity index (χ0) is 18.4. The molecule has 5 heteroatoms. The normalized spacial score (nSPS) is 12.2. The third-order valence-corrected chi connectivity index (χ3v) is 4.53. The molecule has 0 radical (unpaired) electrons. The molecule has 0 N–H and O–H groups in total. The van der Waals surface area contributed by atoms with Crippen molar-refractivity contribution >= 4 is 5.69 Å². The Balaban J connectivity index is 1.83. The van der Waals surface area contributed by atoms with Gasteiger partial charge in [-0.15, -0.1) is 0 Å². The number of nitrogens with zero attached hydrogens (tertiary/aromatic N) is 2. The summed E-state index contributed by atoms with van der Waals surface area (Å²) in [6, 6.07) is 13.2. The maximum absolute atomic E-state index is 10.7. The van der Waals surface area contributed by atoms with Gasteiger partial charge in [0.05, 0.1) is 4.92 Å². The van der Waals surface area contributed by atoms with E-state index in [0.29, 0.717) is 6.61 Å². The first-order chi connectivity index (χ1) is 11.9. The molecular formula is C20H26N2O3. The van der Waals surface area contributed by atoms with E-state index < -0.39 is 0 Å². The van der Waals surface area contributed by atoms with E-state index >= 15 is 0 Å². The smallest absolute Gasteiger partial charge is 0.269 e. The third kappa shape index (κ3) is 5.29. The molecule has 0 aliphatic rings. The number of benzene rings is 2. The van der Waals surface area contributed by atoms with Crippen LogP contribution in [-0.4, -0.2) is 36.1 Å². The predicted molar refractivity (Wildman–Crippen MR) is 100 cm³/mol. The van der Waals surface area contributed by atoms with Gasteiger partial charge in [-0.25, -0.2) is 0 Å². The van der Waals surface area contributed by atoms with Gasteiger partial charge >= 0.3 is 0 Å². The van der Waals surface area contributed by atoms with E-state index in [0.717, 1.165) is 35.4 Å². The van der Waals surface area contributed by atoms with Crippen molar-refractivity contribution in [1.82, 2.24) is 4.90 Å². The van der Waals surface area contributed by atoms with Gasteiger partial charge in [0.25, 0.3) is 5.69 Å². The minimum absolute atomic E-state index is 0.132. The van der Waals surface area contributed by atoms with E-state index in [1.807, 2.05) is 18.2 Å². The Kier molecular flexibility index (Phi) is 6.53. The summed E-state index contributed by atoms with van der Waals surface area (Å²) in [6.07, 6.45) is 0.849. The maximum Gasteiger partial charge on any atom is 0.269 e. The topological polar surface area (TPSA) is 55.6 Å². The molecule has 0 bridgehead atoms. The second kappa shape index (κ2) is 8.62. The van der Waals surface area contributed by atoms with Crippen LogP contribution in [0.3, 0.4) is 0 Å². The number of para-hydroxylation sites is 1. The second-order valence-corrected chi connectivity index (χ2v) is 6.54. The van der Waals surface area contributed by atoms with Crippen molar-refractivity contribution in [3.8, 4) is 5.75 Å². The zero-order valence-electron chi connectivity index (χ0n) is 15.4. The molecule has 0 aliphatic heterocycles. The van der Waals surface area contributed by atoms with E-state index in [1.165, 1.54) is 0 Å². The van der Waals surface area contributed by atoms with Crippen LogP contribution in [0.15, 0.2) is 42.5 Å². The number of non-ortho nitro benzene ring substituents is 1. The molecule has 0 amide bonds. The summed E-state index contributed by atoms with van der Waals surface area (Å²) < 4.78 is 6.03. The van der Waals surface area contributed by atoms with Gasteiger partial charge in [0.1, 0.15) is 12.4 Å². The Morgan fingerprint density at radius 3 is 2.28 bits per heavy atom. The monoisotopic (exact) mass is 342 g/mol.